The Kier molecular flexibility index (Phi) is 9.52. The molecule has 0 saturated heterocycles. The minimum absolute atomic E-state index is 0.0972. The molecule has 3 atom stereocenters. The number of carbonyl (C=O) groups excluding carboxylic acids is 2. The van der Waals surface area contributed by atoms with Crippen molar-refractivity contribution >= 4 is 29.8 Å². The first-order valence-electron chi connectivity index (χ1n) is 13.5. The number of anilines is 1. The number of aliphatic hydroxyl groups excluding tert-OH is 1. The van der Waals surface area contributed by atoms with Crippen molar-refractivity contribution in [2.45, 2.75) is 32.2 Å². The van der Waals surface area contributed by atoms with Crippen molar-refractivity contribution in [3.8, 4) is 5.88 Å². The van der Waals surface area contributed by atoms with E-state index in [1.807, 2.05) is 49.4 Å². The highest BCUT2D eigenvalue weighted by atomic mass is 19.4. The first-order valence-corrected chi connectivity index (χ1v) is 13.5. The number of nitrogens with one attached hydrogen (secondary N) is 1. The molecule has 3 amide bonds. The number of aromatic nitrogens is 1. The molecule has 0 radical (unpaired) electrons. The van der Waals surface area contributed by atoms with Crippen molar-refractivity contribution in [1.29, 1.82) is 0 Å². The molecule has 222 valence electrons. The second-order valence-electron chi connectivity index (χ2n) is 10.4. The van der Waals surface area contributed by atoms with Crippen LogP contribution in [0, 0.1) is 5.92 Å². The molecule has 0 fully saturated rings. The predicted octanol–water partition coefficient (Wildman–Crippen LogP) is 5.65. The van der Waals surface area contributed by atoms with Crippen LogP contribution in [0.25, 0.3) is 12.2 Å². The van der Waals surface area contributed by atoms with Crippen LogP contribution in [-0.4, -0.2) is 70.7 Å². The number of hydrogen-bond donors (Lipinski definition) is 2. The Labute approximate surface area is 242 Å². The number of carbonyl (C=O) groups is 2. The van der Waals surface area contributed by atoms with E-state index in [0.717, 1.165) is 17.7 Å². The number of likely N-dealkylation sites (N-methyl/N-ethyl adjacent to an activating group) is 1. The van der Waals surface area contributed by atoms with Gasteiger partial charge in [0.05, 0.1) is 24.8 Å². The number of amides is 3. The first kappa shape index (κ1) is 30.6. The fourth-order valence-corrected chi connectivity index (χ4v) is 4.50. The van der Waals surface area contributed by atoms with Gasteiger partial charge in [-0.3, -0.25) is 4.79 Å². The van der Waals surface area contributed by atoms with Gasteiger partial charge in [0.2, 0.25) is 5.88 Å². The molecule has 2 aromatic carbocycles. The molecule has 2 heterocycles. The molecule has 1 aliphatic rings. The molecule has 0 spiro atoms. The lowest BCUT2D eigenvalue weighted by atomic mass is 10.00. The molecule has 1 aliphatic heterocycles. The number of nitrogens with zero attached hydrogens (tertiary/aromatic N) is 3. The molecular weight excluding hydrogens is 549 g/mol. The van der Waals surface area contributed by atoms with Gasteiger partial charge in [-0.15, -0.1) is 0 Å². The van der Waals surface area contributed by atoms with Crippen LogP contribution in [0.5, 0.6) is 5.88 Å². The summed E-state index contributed by atoms with van der Waals surface area (Å²) >= 11 is 0. The van der Waals surface area contributed by atoms with E-state index in [2.05, 4.69) is 10.3 Å². The zero-order valence-corrected chi connectivity index (χ0v) is 23.5. The number of fused-ring (bicyclic) bond motifs is 1. The summed E-state index contributed by atoms with van der Waals surface area (Å²) in [5, 5.41) is 12.5. The van der Waals surface area contributed by atoms with Crippen molar-refractivity contribution in [2.24, 2.45) is 5.92 Å². The molecule has 2 N–H and O–H groups in total. The highest BCUT2D eigenvalue weighted by molar-refractivity contribution is 5.97. The normalized spacial score (nSPS) is 18.1. The zero-order valence-electron chi connectivity index (χ0n) is 23.5. The third-order valence-electron chi connectivity index (χ3n) is 7.07. The van der Waals surface area contributed by atoms with Crippen molar-refractivity contribution in [1.82, 2.24) is 14.8 Å². The summed E-state index contributed by atoms with van der Waals surface area (Å²) in [4.78, 5) is 33.9. The molecule has 4 rings (SSSR count). The number of rotatable bonds is 7. The zero-order chi connectivity index (χ0) is 30.4. The maximum Gasteiger partial charge on any atom is 0.416 e. The number of ether oxygens (including phenoxy) is 1. The molecule has 8 nitrogen and oxygen atoms in total. The van der Waals surface area contributed by atoms with Crippen LogP contribution in [0.3, 0.4) is 0 Å². The summed E-state index contributed by atoms with van der Waals surface area (Å²) in [7, 11) is 1.54. The van der Waals surface area contributed by atoms with Gasteiger partial charge >= 0.3 is 12.2 Å². The maximum atomic E-state index is 13.6. The minimum Gasteiger partial charge on any atom is -0.472 e. The smallest absolute Gasteiger partial charge is 0.416 e. The highest BCUT2D eigenvalue weighted by Crippen LogP contribution is 2.30. The lowest BCUT2D eigenvalue weighted by Gasteiger charge is -2.37. The van der Waals surface area contributed by atoms with Crippen molar-refractivity contribution in [3.63, 3.8) is 0 Å². The Balaban J connectivity index is 1.55. The lowest BCUT2D eigenvalue weighted by molar-refractivity contribution is -0.137. The van der Waals surface area contributed by atoms with Gasteiger partial charge in [-0.2, -0.15) is 13.2 Å². The Hall–Kier alpha value is -4.38. The van der Waals surface area contributed by atoms with Crippen LogP contribution >= 0.6 is 0 Å². The van der Waals surface area contributed by atoms with Crippen molar-refractivity contribution < 1.29 is 32.6 Å². The van der Waals surface area contributed by atoms with Gasteiger partial charge in [0, 0.05) is 31.4 Å². The molecule has 0 aliphatic carbocycles. The largest absolute Gasteiger partial charge is 0.472 e. The third-order valence-corrected chi connectivity index (χ3v) is 7.07. The van der Waals surface area contributed by atoms with Gasteiger partial charge in [-0.1, -0.05) is 49.4 Å². The van der Waals surface area contributed by atoms with Crippen LogP contribution in [0.2, 0.25) is 0 Å². The quantitative estimate of drug-likeness (QED) is 0.375. The van der Waals surface area contributed by atoms with E-state index >= 15 is 0 Å². The second-order valence-corrected chi connectivity index (χ2v) is 10.4. The van der Waals surface area contributed by atoms with Crippen LogP contribution in [0.1, 0.15) is 40.9 Å². The fourth-order valence-electron chi connectivity index (χ4n) is 4.50. The molecule has 0 unspecified atom stereocenters. The van der Waals surface area contributed by atoms with Gasteiger partial charge in [0.1, 0.15) is 11.7 Å². The Bertz CT molecular complexity index is 1410. The van der Waals surface area contributed by atoms with E-state index in [1.165, 1.54) is 17.0 Å². The Morgan fingerprint density at radius 2 is 1.83 bits per heavy atom. The number of urea groups is 1. The lowest BCUT2D eigenvalue weighted by Crippen LogP contribution is -2.50. The number of benzene rings is 2. The monoisotopic (exact) mass is 582 g/mol. The topological polar surface area (TPSA) is 95.0 Å². The Morgan fingerprint density at radius 3 is 2.48 bits per heavy atom. The summed E-state index contributed by atoms with van der Waals surface area (Å²) in [6.07, 6.45) is 0.272. The molecule has 11 heteroatoms. The molecular formula is C31H33F3N4O4. The van der Waals surface area contributed by atoms with Crippen LogP contribution < -0.4 is 10.1 Å². The van der Waals surface area contributed by atoms with Gasteiger partial charge in [0.15, 0.2) is 0 Å². The van der Waals surface area contributed by atoms with Crippen LogP contribution in [0.4, 0.5) is 23.7 Å². The van der Waals surface area contributed by atoms with Crippen molar-refractivity contribution in [3.05, 3.63) is 89.1 Å². The molecule has 0 saturated carbocycles. The number of pyridine rings is 1. The second kappa shape index (κ2) is 13.1. The van der Waals surface area contributed by atoms with Crippen LogP contribution in [-0.2, 0) is 6.18 Å². The standard InChI is InChI=1S/C31H33F3N4O4/c1-20-17-38(21(2)19-39)29(40)26-15-23(10-9-22-7-5-4-6-8-22)16-35-28(26)42-27(20)18-37(3)30(41)36-25-13-11-24(12-14-25)31(32,33)34/h4-16,20-21,27,39H,17-19H2,1-3H3,(H,36,41)/b10-9+/t20-,21-,27-/m0/s1. The van der Waals surface area contributed by atoms with Gasteiger partial charge < -0.3 is 25.0 Å². The van der Waals surface area contributed by atoms with Crippen LogP contribution in [0.15, 0.2) is 66.9 Å². The Morgan fingerprint density at radius 1 is 1.17 bits per heavy atom. The predicted molar refractivity (Wildman–Crippen MR) is 154 cm³/mol. The SMILES string of the molecule is C[C@H]1CN([C@@H](C)CO)C(=O)c2cc(/C=C/c3ccccc3)cnc2O[C@H]1CN(C)C(=O)Nc1ccc(C(F)(F)F)cc1. The van der Waals surface area contributed by atoms with Gasteiger partial charge in [0.25, 0.3) is 5.91 Å². The summed E-state index contributed by atoms with van der Waals surface area (Å²) in [5.41, 5.74) is 1.30. The van der Waals surface area contributed by atoms with E-state index in [4.69, 9.17) is 4.74 Å². The average Bonchev–Trinajstić information content (AvgIpc) is 2.97. The molecule has 42 heavy (non-hydrogen) atoms. The summed E-state index contributed by atoms with van der Waals surface area (Å²) in [5.74, 6) is -0.482. The minimum atomic E-state index is -4.48. The number of aliphatic hydroxyl groups is 1. The summed E-state index contributed by atoms with van der Waals surface area (Å²) < 4.78 is 44.9. The number of hydrogen-bond acceptors (Lipinski definition) is 5. The van der Waals surface area contributed by atoms with E-state index in [0.29, 0.717) is 5.56 Å². The molecule has 0 bridgehead atoms. The molecule has 1 aromatic heterocycles. The fraction of sp³-hybridized carbons (Fsp3) is 0.323. The van der Waals surface area contributed by atoms with E-state index < -0.39 is 29.9 Å². The van der Waals surface area contributed by atoms with Gasteiger partial charge in [-0.25, -0.2) is 9.78 Å². The number of halogens is 3. The van der Waals surface area contributed by atoms with E-state index in [9.17, 15) is 27.9 Å². The number of alkyl halides is 3. The van der Waals surface area contributed by atoms with E-state index in [1.54, 1.807) is 31.1 Å². The average molecular weight is 583 g/mol. The van der Waals surface area contributed by atoms with E-state index in [-0.39, 0.29) is 48.7 Å². The first-order chi connectivity index (χ1) is 20.0. The van der Waals surface area contributed by atoms with Gasteiger partial charge in [-0.05, 0) is 48.4 Å². The molecule has 3 aromatic rings. The highest BCUT2D eigenvalue weighted by Gasteiger charge is 2.35. The third kappa shape index (κ3) is 7.47. The van der Waals surface area contributed by atoms with Crippen molar-refractivity contribution in [2.75, 3.05) is 32.1 Å². The summed E-state index contributed by atoms with van der Waals surface area (Å²) in [6.45, 7) is 3.73. The summed E-state index contributed by atoms with van der Waals surface area (Å²) in [6, 6.07) is 14.5. The maximum absolute atomic E-state index is 13.6.